The molecule has 4 aliphatic rings. The van der Waals surface area contributed by atoms with Crippen LogP contribution >= 0.6 is 0 Å². The number of aromatic nitrogens is 4. The Morgan fingerprint density at radius 1 is 1.03 bits per heavy atom. The van der Waals surface area contributed by atoms with E-state index in [4.69, 9.17) is 0 Å². The van der Waals surface area contributed by atoms with Crippen molar-refractivity contribution in [1.29, 1.82) is 0 Å². The average molecular weight is 433 g/mol. The number of likely N-dealkylation sites (tertiary alicyclic amines) is 1. The fraction of sp³-hybridized carbons (Fsp3) is 0.654. The molecule has 0 spiro atoms. The van der Waals surface area contributed by atoms with Gasteiger partial charge in [-0.1, -0.05) is 12.2 Å². The first kappa shape index (κ1) is 20.4. The van der Waals surface area contributed by atoms with Gasteiger partial charge in [-0.15, -0.1) is 10.2 Å². The molecular weight excluding hydrogens is 396 g/mol. The van der Waals surface area contributed by atoms with Crippen molar-refractivity contribution < 1.29 is 0 Å². The van der Waals surface area contributed by atoms with Gasteiger partial charge in [-0.05, 0) is 92.2 Å². The quantitative estimate of drug-likeness (QED) is 0.666. The highest BCUT2D eigenvalue weighted by atomic mass is 15.3. The second-order valence-corrected chi connectivity index (χ2v) is 10.9. The van der Waals surface area contributed by atoms with Crippen LogP contribution < -0.4 is 5.32 Å². The van der Waals surface area contributed by atoms with Crippen LogP contribution in [0, 0.1) is 42.4 Å². The number of allylic oxidation sites excluding steroid dienone is 2. The molecule has 0 radical (unpaired) electrons. The van der Waals surface area contributed by atoms with Crippen molar-refractivity contribution >= 4 is 5.82 Å². The van der Waals surface area contributed by atoms with Crippen LogP contribution in [0.15, 0.2) is 30.5 Å². The third-order valence-corrected chi connectivity index (χ3v) is 8.72. The zero-order valence-electron chi connectivity index (χ0n) is 19.5. The second kappa shape index (κ2) is 8.29. The summed E-state index contributed by atoms with van der Waals surface area (Å²) in [4.78, 5) is 2.81. The first-order valence-corrected chi connectivity index (χ1v) is 12.6. The van der Waals surface area contributed by atoms with Crippen molar-refractivity contribution in [2.24, 2.45) is 42.6 Å². The van der Waals surface area contributed by atoms with Crippen molar-refractivity contribution in [2.75, 3.05) is 31.5 Å². The molecule has 170 valence electrons. The second-order valence-electron chi connectivity index (χ2n) is 10.9. The van der Waals surface area contributed by atoms with Crippen molar-refractivity contribution in [3.8, 4) is 11.4 Å². The Balaban J connectivity index is 0.944. The maximum absolute atomic E-state index is 4.42. The fourth-order valence-electron chi connectivity index (χ4n) is 7.22. The third kappa shape index (κ3) is 3.87. The van der Waals surface area contributed by atoms with Crippen LogP contribution in [-0.4, -0.2) is 51.1 Å². The van der Waals surface area contributed by atoms with Gasteiger partial charge >= 0.3 is 0 Å². The van der Waals surface area contributed by atoms with Crippen molar-refractivity contribution in [1.82, 2.24) is 24.9 Å². The number of hydrogen-bond donors (Lipinski definition) is 1. The summed E-state index contributed by atoms with van der Waals surface area (Å²) in [5, 5.41) is 16.6. The molecule has 2 bridgehead atoms. The van der Waals surface area contributed by atoms with Crippen LogP contribution in [0.5, 0.6) is 0 Å². The standard InChI is InChI=1S/C26H36N6/c1-17-13-28-31(2)26(17)24-5-6-25(30-29-24)27-8-7-19-11-22-15-32(16-23(22)12-19)14-21-10-18-3-4-20(21)9-18/h3-6,13,18-23H,7-12,14-16H2,1-2H3,(H,27,30). The zero-order chi connectivity index (χ0) is 21.7. The Kier molecular flexibility index (Phi) is 5.28. The molecule has 1 saturated heterocycles. The first-order valence-electron chi connectivity index (χ1n) is 12.6. The molecule has 6 nitrogen and oxygen atoms in total. The number of fused-ring (bicyclic) bond motifs is 3. The summed E-state index contributed by atoms with van der Waals surface area (Å²) >= 11 is 0. The summed E-state index contributed by atoms with van der Waals surface area (Å²) in [6, 6.07) is 4.08. The van der Waals surface area contributed by atoms with Gasteiger partial charge in [0, 0.05) is 33.2 Å². The molecule has 32 heavy (non-hydrogen) atoms. The van der Waals surface area contributed by atoms with Gasteiger partial charge in [0.05, 0.1) is 11.9 Å². The topological polar surface area (TPSA) is 58.9 Å². The fourth-order valence-corrected chi connectivity index (χ4v) is 7.22. The molecule has 2 aromatic heterocycles. The lowest BCUT2D eigenvalue weighted by atomic mass is 9.93. The molecule has 0 amide bonds. The summed E-state index contributed by atoms with van der Waals surface area (Å²) in [5.41, 5.74) is 3.04. The lowest BCUT2D eigenvalue weighted by Gasteiger charge is -2.26. The average Bonchev–Trinajstić information content (AvgIpc) is 3.58. The summed E-state index contributed by atoms with van der Waals surface area (Å²) in [5.74, 6) is 6.37. The minimum Gasteiger partial charge on any atom is -0.369 e. The Labute approximate surface area is 191 Å². The SMILES string of the molecule is Cc1cnn(C)c1-c1ccc(NCCC2CC3CN(CC4CC5C=CC4C5)CC3C2)nn1. The van der Waals surface area contributed by atoms with Crippen LogP contribution in [0.2, 0.25) is 0 Å². The maximum Gasteiger partial charge on any atom is 0.148 e. The number of aryl methyl sites for hydroxylation is 2. The molecule has 3 heterocycles. The number of nitrogens with zero attached hydrogens (tertiary/aromatic N) is 5. The van der Waals surface area contributed by atoms with Gasteiger partial charge in [-0.2, -0.15) is 5.10 Å². The maximum atomic E-state index is 4.42. The molecule has 1 N–H and O–H groups in total. The molecule has 5 atom stereocenters. The van der Waals surface area contributed by atoms with Gasteiger partial charge in [0.1, 0.15) is 11.5 Å². The molecular formula is C26H36N6. The minimum atomic E-state index is 0.870. The molecule has 1 aliphatic heterocycles. The summed E-state index contributed by atoms with van der Waals surface area (Å²) in [7, 11) is 1.95. The molecule has 2 saturated carbocycles. The largest absolute Gasteiger partial charge is 0.369 e. The molecule has 3 aliphatic carbocycles. The summed E-state index contributed by atoms with van der Waals surface area (Å²) in [6.07, 6.45) is 13.8. The van der Waals surface area contributed by atoms with Crippen LogP contribution in [0.25, 0.3) is 11.4 Å². The van der Waals surface area contributed by atoms with E-state index >= 15 is 0 Å². The highest BCUT2D eigenvalue weighted by Gasteiger charge is 2.43. The molecule has 2 aromatic rings. The number of hydrogen-bond acceptors (Lipinski definition) is 5. The van der Waals surface area contributed by atoms with Gasteiger partial charge in [0.15, 0.2) is 0 Å². The molecule has 6 rings (SSSR count). The Bertz CT molecular complexity index is 945. The molecule has 3 fully saturated rings. The van der Waals surface area contributed by atoms with E-state index in [9.17, 15) is 0 Å². The minimum absolute atomic E-state index is 0.870. The van der Waals surface area contributed by atoms with Crippen LogP contribution in [0.1, 0.15) is 37.7 Å². The third-order valence-electron chi connectivity index (χ3n) is 8.72. The Hall–Kier alpha value is -2.21. The summed E-state index contributed by atoms with van der Waals surface area (Å²) < 4.78 is 1.86. The van der Waals surface area contributed by atoms with Crippen molar-refractivity contribution in [2.45, 2.75) is 39.0 Å². The number of nitrogens with one attached hydrogen (secondary N) is 1. The van der Waals surface area contributed by atoms with Crippen molar-refractivity contribution in [3.63, 3.8) is 0 Å². The van der Waals surface area contributed by atoms with E-state index in [-0.39, 0.29) is 0 Å². The van der Waals surface area contributed by atoms with Gasteiger partial charge in [0.25, 0.3) is 0 Å². The summed E-state index contributed by atoms with van der Waals surface area (Å²) in [6.45, 7) is 7.11. The lowest BCUT2D eigenvalue weighted by molar-refractivity contribution is 0.233. The van der Waals surface area contributed by atoms with Crippen LogP contribution in [0.4, 0.5) is 5.82 Å². The normalized spacial score (nSPS) is 33.3. The molecule has 0 aromatic carbocycles. The highest BCUT2D eigenvalue weighted by molar-refractivity contribution is 5.59. The smallest absolute Gasteiger partial charge is 0.148 e. The van der Waals surface area contributed by atoms with E-state index in [0.29, 0.717) is 0 Å². The molecule has 6 heteroatoms. The lowest BCUT2D eigenvalue weighted by Crippen LogP contribution is -2.30. The predicted octanol–water partition coefficient (Wildman–Crippen LogP) is 4.16. The van der Waals surface area contributed by atoms with Gasteiger partial charge in [-0.3, -0.25) is 4.68 Å². The Morgan fingerprint density at radius 3 is 2.50 bits per heavy atom. The van der Waals surface area contributed by atoms with E-state index in [0.717, 1.165) is 64.8 Å². The molecule has 5 unspecified atom stereocenters. The number of rotatable bonds is 7. The van der Waals surface area contributed by atoms with Gasteiger partial charge in [-0.25, -0.2) is 0 Å². The number of anilines is 1. The van der Waals surface area contributed by atoms with Gasteiger partial charge < -0.3 is 10.2 Å². The van der Waals surface area contributed by atoms with E-state index in [2.05, 4.69) is 44.6 Å². The van der Waals surface area contributed by atoms with E-state index in [1.165, 1.54) is 51.7 Å². The van der Waals surface area contributed by atoms with Crippen LogP contribution in [-0.2, 0) is 7.05 Å². The van der Waals surface area contributed by atoms with E-state index in [1.54, 1.807) is 0 Å². The zero-order valence-corrected chi connectivity index (χ0v) is 19.5. The first-order chi connectivity index (χ1) is 15.6. The van der Waals surface area contributed by atoms with E-state index < -0.39 is 0 Å². The Morgan fingerprint density at radius 2 is 1.88 bits per heavy atom. The van der Waals surface area contributed by atoms with E-state index in [1.807, 2.05) is 30.1 Å². The highest BCUT2D eigenvalue weighted by Crippen LogP contribution is 2.46. The van der Waals surface area contributed by atoms with Gasteiger partial charge in [0.2, 0.25) is 0 Å². The predicted molar refractivity (Wildman–Crippen MR) is 127 cm³/mol. The van der Waals surface area contributed by atoms with Crippen LogP contribution in [0.3, 0.4) is 0 Å². The van der Waals surface area contributed by atoms with Crippen molar-refractivity contribution in [3.05, 3.63) is 36.0 Å². The monoisotopic (exact) mass is 432 g/mol.